The molecule has 4 heteroatoms. The lowest BCUT2D eigenvalue weighted by atomic mass is 10.4. The van der Waals surface area contributed by atoms with Crippen LogP contribution in [-0.4, -0.2) is 28.3 Å². The van der Waals surface area contributed by atoms with Gasteiger partial charge < -0.3 is 5.32 Å². The Morgan fingerprint density at radius 1 is 1.43 bits per heavy atom. The average Bonchev–Trinajstić information content (AvgIpc) is 2.18. The normalized spacial score (nSPS) is 10.8. The van der Waals surface area contributed by atoms with Crippen molar-refractivity contribution in [2.24, 2.45) is 0 Å². The summed E-state index contributed by atoms with van der Waals surface area (Å²) < 4.78 is 0. The van der Waals surface area contributed by atoms with Crippen LogP contribution in [0.3, 0.4) is 0 Å². The lowest BCUT2D eigenvalue weighted by Crippen LogP contribution is -2.23. The Balaban J connectivity index is 2.05. The van der Waals surface area contributed by atoms with E-state index in [1.165, 1.54) is 6.42 Å². The molecule has 14 heavy (non-hydrogen) atoms. The maximum absolute atomic E-state index is 4.19. The molecule has 0 atom stereocenters. The van der Waals surface area contributed by atoms with Crippen molar-refractivity contribution < 1.29 is 0 Å². The Bertz CT molecular complexity index is 238. The van der Waals surface area contributed by atoms with Gasteiger partial charge in [0.2, 0.25) is 0 Å². The predicted octanol–water partition coefficient (Wildman–Crippen LogP) is 1.96. The van der Waals surface area contributed by atoms with Gasteiger partial charge in [-0.2, -0.15) is 0 Å². The molecule has 0 aliphatic heterocycles. The number of nitrogens with zero attached hydrogens (tertiary/aromatic N) is 2. The molecule has 0 aromatic carbocycles. The predicted molar refractivity (Wildman–Crippen MR) is 60.5 cm³/mol. The molecule has 0 aliphatic carbocycles. The molecule has 0 unspecified atom stereocenters. The highest BCUT2D eigenvalue weighted by atomic mass is 32.2. The van der Waals surface area contributed by atoms with Crippen molar-refractivity contribution in [2.45, 2.75) is 31.3 Å². The van der Waals surface area contributed by atoms with Crippen LogP contribution in [0.2, 0.25) is 0 Å². The second kappa shape index (κ2) is 6.79. The number of hydrogen-bond donors (Lipinski definition) is 1. The van der Waals surface area contributed by atoms with Gasteiger partial charge in [-0.05, 0) is 13.0 Å². The van der Waals surface area contributed by atoms with E-state index in [9.17, 15) is 0 Å². The van der Waals surface area contributed by atoms with E-state index >= 15 is 0 Å². The van der Waals surface area contributed by atoms with E-state index in [1.54, 1.807) is 30.4 Å². The van der Waals surface area contributed by atoms with Gasteiger partial charge in [0.05, 0.1) is 6.20 Å². The first-order valence-corrected chi connectivity index (χ1v) is 5.90. The van der Waals surface area contributed by atoms with Gasteiger partial charge >= 0.3 is 0 Å². The number of rotatable bonds is 6. The second-order valence-electron chi connectivity index (χ2n) is 3.35. The quantitative estimate of drug-likeness (QED) is 0.576. The van der Waals surface area contributed by atoms with Crippen LogP contribution in [0, 0.1) is 0 Å². The van der Waals surface area contributed by atoms with Crippen molar-refractivity contribution in [1.82, 2.24) is 15.3 Å². The fourth-order valence-corrected chi connectivity index (χ4v) is 1.77. The highest BCUT2D eigenvalue weighted by Gasteiger charge is 1.95. The van der Waals surface area contributed by atoms with Crippen molar-refractivity contribution in [1.29, 1.82) is 0 Å². The summed E-state index contributed by atoms with van der Waals surface area (Å²) in [6.07, 6.45) is 6.40. The van der Waals surface area contributed by atoms with E-state index in [0.29, 0.717) is 6.04 Å². The van der Waals surface area contributed by atoms with Crippen LogP contribution in [0.4, 0.5) is 0 Å². The molecule has 3 nitrogen and oxygen atoms in total. The first kappa shape index (κ1) is 11.5. The first-order valence-electron chi connectivity index (χ1n) is 4.91. The van der Waals surface area contributed by atoms with Crippen LogP contribution in [0.5, 0.6) is 0 Å². The molecule has 0 saturated heterocycles. The number of thioether (sulfide) groups is 1. The molecule has 0 saturated carbocycles. The number of aromatic nitrogens is 2. The minimum Gasteiger partial charge on any atom is -0.315 e. The maximum atomic E-state index is 4.19. The standard InChI is InChI=1S/C10H17N3S/c1-9(2)12-4-3-7-14-10-8-11-5-6-13-10/h5-6,8-9,12H,3-4,7H2,1-2H3. The highest BCUT2D eigenvalue weighted by molar-refractivity contribution is 7.99. The van der Waals surface area contributed by atoms with Crippen LogP contribution >= 0.6 is 11.8 Å². The molecule has 1 heterocycles. The molecule has 78 valence electrons. The summed E-state index contributed by atoms with van der Waals surface area (Å²) in [6.45, 7) is 5.40. The van der Waals surface area contributed by atoms with Gasteiger partial charge in [-0.3, -0.25) is 4.98 Å². The van der Waals surface area contributed by atoms with Crippen LogP contribution in [0.15, 0.2) is 23.6 Å². The summed E-state index contributed by atoms with van der Waals surface area (Å²) in [5.74, 6) is 1.10. The fourth-order valence-electron chi connectivity index (χ4n) is 1.000. The van der Waals surface area contributed by atoms with Gasteiger partial charge in [0.1, 0.15) is 5.03 Å². The molecule has 0 bridgehead atoms. The molecule has 1 N–H and O–H groups in total. The van der Waals surface area contributed by atoms with E-state index in [0.717, 1.165) is 17.3 Å². The lowest BCUT2D eigenvalue weighted by Gasteiger charge is -2.06. The summed E-state index contributed by atoms with van der Waals surface area (Å²) in [7, 11) is 0. The third-order valence-corrected chi connectivity index (χ3v) is 2.66. The lowest BCUT2D eigenvalue weighted by molar-refractivity contribution is 0.586. The minimum absolute atomic E-state index is 0.580. The van der Waals surface area contributed by atoms with E-state index in [4.69, 9.17) is 0 Å². The van der Waals surface area contributed by atoms with E-state index in [1.807, 2.05) is 0 Å². The minimum atomic E-state index is 0.580. The Morgan fingerprint density at radius 2 is 2.29 bits per heavy atom. The number of nitrogens with one attached hydrogen (secondary N) is 1. The highest BCUT2D eigenvalue weighted by Crippen LogP contribution is 2.13. The monoisotopic (exact) mass is 211 g/mol. The third-order valence-electron chi connectivity index (χ3n) is 1.66. The van der Waals surface area contributed by atoms with Crippen molar-refractivity contribution in [2.75, 3.05) is 12.3 Å². The van der Waals surface area contributed by atoms with Crippen LogP contribution in [0.1, 0.15) is 20.3 Å². The molecule has 1 aromatic rings. The van der Waals surface area contributed by atoms with Crippen LogP contribution in [-0.2, 0) is 0 Å². The molecule has 0 amide bonds. The van der Waals surface area contributed by atoms with E-state index in [2.05, 4.69) is 29.1 Å². The van der Waals surface area contributed by atoms with Crippen molar-refractivity contribution in [3.05, 3.63) is 18.6 Å². The molecule has 1 rings (SSSR count). The maximum Gasteiger partial charge on any atom is 0.114 e. The number of hydrogen-bond acceptors (Lipinski definition) is 4. The molecule has 0 spiro atoms. The Kier molecular flexibility index (Phi) is 5.56. The third kappa shape index (κ3) is 5.19. The molecule has 0 fully saturated rings. The zero-order chi connectivity index (χ0) is 10.2. The molecular weight excluding hydrogens is 194 g/mol. The summed E-state index contributed by atoms with van der Waals surface area (Å²) in [5.41, 5.74) is 0. The summed E-state index contributed by atoms with van der Waals surface area (Å²) in [5, 5.41) is 4.39. The van der Waals surface area contributed by atoms with Gasteiger partial charge in [0, 0.05) is 24.2 Å². The van der Waals surface area contributed by atoms with Crippen molar-refractivity contribution in [3.63, 3.8) is 0 Å². The SMILES string of the molecule is CC(C)NCCCSc1cnccn1. The summed E-state index contributed by atoms with van der Waals surface area (Å²) in [4.78, 5) is 8.20. The Labute approximate surface area is 89.7 Å². The smallest absolute Gasteiger partial charge is 0.114 e. The van der Waals surface area contributed by atoms with Crippen LogP contribution < -0.4 is 5.32 Å². The van der Waals surface area contributed by atoms with Gasteiger partial charge in [-0.1, -0.05) is 13.8 Å². The summed E-state index contributed by atoms with van der Waals surface area (Å²) in [6, 6.07) is 0.580. The van der Waals surface area contributed by atoms with E-state index < -0.39 is 0 Å². The molecular formula is C10H17N3S. The van der Waals surface area contributed by atoms with Gasteiger partial charge in [-0.15, -0.1) is 11.8 Å². The van der Waals surface area contributed by atoms with E-state index in [-0.39, 0.29) is 0 Å². The molecule has 0 aliphatic rings. The largest absolute Gasteiger partial charge is 0.315 e. The topological polar surface area (TPSA) is 37.8 Å². The second-order valence-corrected chi connectivity index (χ2v) is 4.47. The zero-order valence-electron chi connectivity index (χ0n) is 8.73. The Hall–Kier alpha value is -0.610. The van der Waals surface area contributed by atoms with Crippen molar-refractivity contribution >= 4 is 11.8 Å². The Morgan fingerprint density at radius 3 is 2.93 bits per heavy atom. The van der Waals surface area contributed by atoms with Gasteiger partial charge in [0.25, 0.3) is 0 Å². The first-order chi connectivity index (χ1) is 6.79. The molecule has 0 radical (unpaired) electrons. The van der Waals surface area contributed by atoms with Gasteiger partial charge in [0.15, 0.2) is 0 Å². The summed E-state index contributed by atoms with van der Waals surface area (Å²) >= 11 is 1.76. The van der Waals surface area contributed by atoms with Gasteiger partial charge in [-0.25, -0.2) is 4.98 Å². The molecule has 1 aromatic heterocycles. The average molecular weight is 211 g/mol. The fraction of sp³-hybridized carbons (Fsp3) is 0.600. The van der Waals surface area contributed by atoms with Crippen LogP contribution in [0.25, 0.3) is 0 Å². The zero-order valence-corrected chi connectivity index (χ0v) is 9.55. The van der Waals surface area contributed by atoms with Crippen molar-refractivity contribution in [3.8, 4) is 0 Å².